The normalized spacial score (nSPS) is 17.9. The van der Waals surface area contributed by atoms with E-state index in [-0.39, 0.29) is 11.5 Å². The molecule has 4 nitrogen and oxygen atoms in total. The molecule has 0 aromatic heterocycles. The molecule has 0 saturated carbocycles. The van der Waals surface area contributed by atoms with Crippen molar-refractivity contribution in [1.29, 1.82) is 0 Å². The summed E-state index contributed by atoms with van der Waals surface area (Å²) in [5.74, 6) is -0.270. The first kappa shape index (κ1) is 11.1. The van der Waals surface area contributed by atoms with E-state index in [9.17, 15) is 9.90 Å². The number of nitrogens with two attached hydrogens (primary N) is 1. The van der Waals surface area contributed by atoms with Crippen molar-refractivity contribution in [1.82, 2.24) is 0 Å². The third kappa shape index (κ3) is 2.25. The number of carbonyl (C=O) groups excluding carboxylic acids is 1. The van der Waals surface area contributed by atoms with Crippen LogP contribution in [0.25, 0.3) is 0 Å². The highest BCUT2D eigenvalue weighted by molar-refractivity contribution is 6.21. The smallest absolute Gasteiger partial charge is 0.185 e. The maximum atomic E-state index is 11.3. The molecule has 1 aliphatic rings. The Kier molecular flexibility index (Phi) is 2.78. The van der Waals surface area contributed by atoms with Crippen molar-refractivity contribution < 1.29 is 9.90 Å². The van der Waals surface area contributed by atoms with Crippen LogP contribution in [0.3, 0.4) is 0 Å². The van der Waals surface area contributed by atoms with Gasteiger partial charge in [0.2, 0.25) is 0 Å². The standard InChI is InChI=1S/C13H12N2O2/c1-8-12(16)7-6-11(13(8)17)15-10-4-2-9(14)3-5-10/h2-7,17H,14H2,1H3. The number of nitrogens with zero attached hydrogens (tertiary/aromatic N) is 1. The van der Waals surface area contributed by atoms with Gasteiger partial charge in [0.15, 0.2) is 5.78 Å². The number of hydrogen-bond acceptors (Lipinski definition) is 4. The Morgan fingerprint density at radius 3 is 2.47 bits per heavy atom. The van der Waals surface area contributed by atoms with E-state index in [0.717, 1.165) is 0 Å². The lowest BCUT2D eigenvalue weighted by molar-refractivity contribution is -0.111. The minimum Gasteiger partial charge on any atom is -0.505 e. The van der Waals surface area contributed by atoms with Crippen molar-refractivity contribution in [3.05, 3.63) is 47.7 Å². The first-order chi connectivity index (χ1) is 8.08. The fourth-order valence-corrected chi connectivity index (χ4v) is 1.45. The molecule has 0 heterocycles. The molecule has 0 amide bonds. The number of ketones is 1. The number of benzene rings is 1. The molecule has 1 aromatic rings. The largest absolute Gasteiger partial charge is 0.505 e. The van der Waals surface area contributed by atoms with Gasteiger partial charge in [0.25, 0.3) is 0 Å². The number of nitrogen functional groups attached to an aromatic ring is 1. The Morgan fingerprint density at radius 1 is 1.18 bits per heavy atom. The molecule has 86 valence electrons. The SMILES string of the molecule is CC1=C(O)C(=Nc2ccc(N)cc2)C=CC1=O. The van der Waals surface area contributed by atoms with Crippen LogP contribution in [0.1, 0.15) is 6.92 Å². The van der Waals surface area contributed by atoms with Gasteiger partial charge in [0.05, 0.1) is 5.69 Å². The Bertz CT molecular complexity index is 551. The molecular formula is C13H12N2O2. The average Bonchev–Trinajstić information content (AvgIpc) is 2.33. The van der Waals surface area contributed by atoms with Crippen molar-refractivity contribution in [2.24, 2.45) is 4.99 Å². The quantitative estimate of drug-likeness (QED) is 0.572. The third-order valence-electron chi connectivity index (χ3n) is 2.50. The fraction of sp³-hybridized carbons (Fsp3) is 0.0769. The van der Waals surface area contributed by atoms with E-state index < -0.39 is 0 Å². The lowest BCUT2D eigenvalue weighted by Gasteiger charge is -2.08. The topological polar surface area (TPSA) is 75.7 Å². The van der Waals surface area contributed by atoms with E-state index in [1.165, 1.54) is 12.2 Å². The molecule has 1 aromatic carbocycles. The zero-order chi connectivity index (χ0) is 12.4. The zero-order valence-electron chi connectivity index (χ0n) is 9.34. The van der Waals surface area contributed by atoms with E-state index in [4.69, 9.17) is 5.73 Å². The fourth-order valence-electron chi connectivity index (χ4n) is 1.45. The molecule has 3 N–H and O–H groups in total. The van der Waals surface area contributed by atoms with Gasteiger partial charge in [-0.1, -0.05) is 0 Å². The summed E-state index contributed by atoms with van der Waals surface area (Å²) in [5.41, 5.74) is 7.58. The van der Waals surface area contributed by atoms with Gasteiger partial charge in [0.1, 0.15) is 11.5 Å². The van der Waals surface area contributed by atoms with E-state index in [2.05, 4.69) is 4.99 Å². The van der Waals surface area contributed by atoms with E-state index in [1.54, 1.807) is 31.2 Å². The van der Waals surface area contributed by atoms with E-state index in [0.29, 0.717) is 22.7 Å². The Hall–Kier alpha value is -2.36. The van der Waals surface area contributed by atoms with Crippen LogP contribution in [0.2, 0.25) is 0 Å². The zero-order valence-corrected chi connectivity index (χ0v) is 9.34. The predicted molar refractivity (Wildman–Crippen MR) is 67.4 cm³/mol. The second kappa shape index (κ2) is 4.25. The summed E-state index contributed by atoms with van der Waals surface area (Å²) >= 11 is 0. The third-order valence-corrected chi connectivity index (χ3v) is 2.50. The maximum Gasteiger partial charge on any atom is 0.185 e. The van der Waals surface area contributed by atoms with Crippen LogP contribution in [0.4, 0.5) is 11.4 Å². The molecule has 0 unspecified atom stereocenters. The van der Waals surface area contributed by atoms with Crippen LogP contribution in [0, 0.1) is 0 Å². The number of anilines is 1. The molecule has 2 rings (SSSR count). The first-order valence-corrected chi connectivity index (χ1v) is 5.15. The average molecular weight is 228 g/mol. The Balaban J connectivity index is 2.38. The van der Waals surface area contributed by atoms with Gasteiger partial charge >= 0.3 is 0 Å². The van der Waals surface area contributed by atoms with E-state index >= 15 is 0 Å². The van der Waals surface area contributed by atoms with Crippen LogP contribution in [-0.2, 0) is 4.79 Å². The lowest BCUT2D eigenvalue weighted by Crippen LogP contribution is -2.12. The van der Waals surface area contributed by atoms with Gasteiger partial charge in [-0.15, -0.1) is 0 Å². The first-order valence-electron chi connectivity index (χ1n) is 5.15. The molecular weight excluding hydrogens is 216 g/mol. The molecule has 1 aliphatic carbocycles. The van der Waals surface area contributed by atoms with Crippen molar-refractivity contribution >= 4 is 22.9 Å². The number of allylic oxidation sites excluding steroid dienone is 3. The molecule has 0 spiro atoms. The molecule has 0 aliphatic heterocycles. The second-order valence-electron chi connectivity index (χ2n) is 3.76. The summed E-state index contributed by atoms with van der Waals surface area (Å²) in [4.78, 5) is 15.5. The molecule has 0 saturated heterocycles. The number of hydrogen-bond donors (Lipinski definition) is 2. The summed E-state index contributed by atoms with van der Waals surface area (Å²) < 4.78 is 0. The summed E-state index contributed by atoms with van der Waals surface area (Å²) in [5, 5.41) is 9.78. The molecule has 17 heavy (non-hydrogen) atoms. The van der Waals surface area contributed by atoms with Crippen molar-refractivity contribution in [3.8, 4) is 0 Å². The van der Waals surface area contributed by atoms with Crippen LogP contribution < -0.4 is 5.73 Å². The van der Waals surface area contributed by atoms with Crippen LogP contribution in [-0.4, -0.2) is 16.6 Å². The van der Waals surface area contributed by atoms with Crippen LogP contribution in [0.5, 0.6) is 0 Å². The monoisotopic (exact) mass is 228 g/mol. The van der Waals surface area contributed by atoms with Gasteiger partial charge < -0.3 is 10.8 Å². The number of rotatable bonds is 1. The van der Waals surface area contributed by atoms with E-state index in [1.807, 2.05) is 0 Å². The molecule has 0 fully saturated rings. The van der Waals surface area contributed by atoms with Crippen molar-refractivity contribution in [2.75, 3.05) is 5.73 Å². The van der Waals surface area contributed by atoms with Gasteiger partial charge in [0, 0.05) is 11.3 Å². The van der Waals surface area contributed by atoms with Crippen LogP contribution in [0.15, 0.2) is 52.7 Å². The number of aliphatic hydroxyl groups is 1. The van der Waals surface area contributed by atoms with Gasteiger partial charge in [-0.2, -0.15) is 0 Å². The Morgan fingerprint density at radius 2 is 1.82 bits per heavy atom. The lowest BCUT2D eigenvalue weighted by atomic mass is 10.0. The molecule has 0 radical (unpaired) electrons. The minimum absolute atomic E-state index is 0.0747. The molecule has 0 bridgehead atoms. The minimum atomic E-state index is -0.196. The molecule has 0 atom stereocenters. The highest BCUT2D eigenvalue weighted by atomic mass is 16.3. The number of carbonyl (C=O) groups is 1. The second-order valence-corrected chi connectivity index (χ2v) is 3.76. The predicted octanol–water partition coefficient (Wildman–Crippen LogP) is 2.31. The highest BCUT2D eigenvalue weighted by Gasteiger charge is 2.16. The summed E-state index contributed by atoms with van der Waals surface area (Å²) in [6.45, 7) is 1.57. The summed E-state index contributed by atoms with van der Waals surface area (Å²) in [6, 6.07) is 6.94. The summed E-state index contributed by atoms with van der Waals surface area (Å²) in [6.07, 6.45) is 2.90. The summed E-state index contributed by atoms with van der Waals surface area (Å²) in [7, 11) is 0. The van der Waals surface area contributed by atoms with Gasteiger partial charge in [-0.25, -0.2) is 4.99 Å². The number of aliphatic imine (C=N–C) groups is 1. The van der Waals surface area contributed by atoms with Crippen molar-refractivity contribution in [2.45, 2.75) is 6.92 Å². The Labute approximate surface area is 98.8 Å². The highest BCUT2D eigenvalue weighted by Crippen LogP contribution is 2.19. The van der Waals surface area contributed by atoms with Gasteiger partial charge in [-0.05, 0) is 43.3 Å². The van der Waals surface area contributed by atoms with Crippen molar-refractivity contribution in [3.63, 3.8) is 0 Å². The van der Waals surface area contributed by atoms with Crippen LogP contribution >= 0.6 is 0 Å². The van der Waals surface area contributed by atoms with Gasteiger partial charge in [-0.3, -0.25) is 4.79 Å². The number of aliphatic hydroxyl groups excluding tert-OH is 1. The molecule has 4 heteroatoms. The maximum absolute atomic E-state index is 11.3.